The Labute approximate surface area is 137 Å². The summed E-state index contributed by atoms with van der Waals surface area (Å²) in [5.74, 6) is 1.24. The molecule has 0 heterocycles. The molecule has 1 aliphatic rings. The van der Waals surface area contributed by atoms with Gasteiger partial charge in [0.05, 0.1) is 0 Å². The normalized spacial score (nSPS) is 15.3. The van der Waals surface area contributed by atoms with E-state index in [1.165, 1.54) is 25.7 Å². The van der Waals surface area contributed by atoms with Crippen molar-refractivity contribution in [3.63, 3.8) is 0 Å². The van der Waals surface area contributed by atoms with Gasteiger partial charge in [-0.2, -0.15) is 0 Å². The first-order valence-electron chi connectivity index (χ1n) is 9.24. The number of rotatable bonds is 12. The van der Waals surface area contributed by atoms with E-state index in [9.17, 15) is 4.79 Å². The quantitative estimate of drug-likeness (QED) is 0.351. The van der Waals surface area contributed by atoms with Crippen LogP contribution in [0.15, 0.2) is 24.3 Å². The number of allylic oxidation sites excluding steroid dienone is 3. The van der Waals surface area contributed by atoms with Gasteiger partial charge < -0.3 is 4.90 Å². The molecule has 1 rings (SSSR count). The molecule has 0 saturated heterocycles. The fourth-order valence-corrected chi connectivity index (χ4v) is 2.54. The lowest BCUT2D eigenvalue weighted by Crippen LogP contribution is -2.35. The lowest BCUT2D eigenvalue weighted by atomic mass is 10.1. The third-order valence-corrected chi connectivity index (χ3v) is 3.96. The Hall–Kier alpha value is -1.05. The molecule has 0 aliphatic heterocycles. The molecule has 2 nitrogen and oxygen atoms in total. The minimum Gasteiger partial charge on any atom is -0.338 e. The maximum absolute atomic E-state index is 12.2. The number of nitrogens with zero attached hydrogens (tertiary/aromatic N) is 1. The maximum Gasteiger partial charge on any atom is 0.225 e. The van der Waals surface area contributed by atoms with E-state index in [0.717, 1.165) is 38.8 Å². The van der Waals surface area contributed by atoms with Gasteiger partial charge >= 0.3 is 0 Å². The van der Waals surface area contributed by atoms with Crippen LogP contribution in [0.25, 0.3) is 0 Å². The summed E-state index contributed by atoms with van der Waals surface area (Å²) in [6.07, 6.45) is 18.6. The summed E-state index contributed by atoms with van der Waals surface area (Å²) < 4.78 is 0. The predicted octanol–water partition coefficient (Wildman–Crippen LogP) is 5.35. The molecular weight excluding hydrogens is 270 g/mol. The molecule has 1 amide bonds. The summed E-state index contributed by atoms with van der Waals surface area (Å²) in [5.41, 5.74) is 0. The van der Waals surface area contributed by atoms with Crippen molar-refractivity contribution in [3.8, 4) is 0 Å². The van der Waals surface area contributed by atoms with Crippen LogP contribution >= 0.6 is 0 Å². The van der Waals surface area contributed by atoms with Crippen LogP contribution in [-0.2, 0) is 4.79 Å². The molecule has 1 fully saturated rings. The second kappa shape index (κ2) is 11.5. The fraction of sp³-hybridized carbons (Fsp3) is 0.750. The first-order valence-corrected chi connectivity index (χ1v) is 9.24. The zero-order valence-corrected chi connectivity index (χ0v) is 14.9. The standard InChI is InChI=1S/C20H35NO/c1-4-5-6-7-8-9-10-11-12-13-16-21(17-18(2)3)20(22)19-14-15-19/h8-9,12-13,18-19H,4-7,10-11,14-17H2,1-3H3. The molecular formula is C20H35NO. The van der Waals surface area contributed by atoms with Gasteiger partial charge in [0.15, 0.2) is 0 Å². The number of carbonyl (C=O) groups is 1. The average Bonchev–Trinajstić information content (AvgIpc) is 3.31. The Morgan fingerprint density at radius 3 is 2.27 bits per heavy atom. The highest BCUT2D eigenvalue weighted by molar-refractivity contribution is 5.81. The zero-order valence-electron chi connectivity index (χ0n) is 14.9. The van der Waals surface area contributed by atoms with E-state index < -0.39 is 0 Å². The van der Waals surface area contributed by atoms with Crippen molar-refractivity contribution in [2.75, 3.05) is 13.1 Å². The van der Waals surface area contributed by atoms with Gasteiger partial charge in [-0.15, -0.1) is 0 Å². The maximum atomic E-state index is 12.2. The van der Waals surface area contributed by atoms with Crippen LogP contribution in [0.1, 0.15) is 72.1 Å². The van der Waals surface area contributed by atoms with Gasteiger partial charge in [-0.1, -0.05) is 57.9 Å². The highest BCUT2D eigenvalue weighted by Crippen LogP contribution is 2.31. The van der Waals surface area contributed by atoms with Gasteiger partial charge in [-0.05, 0) is 44.4 Å². The molecule has 126 valence electrons. The molecule has 0 atom stereocenters. The summed E-state index contributed by atoms with van der Waals surface area (Å²) in [4.78, 5) is 14.3. The zero-order chi connectivity index (χ0) is 16.2. The molecule has 1 aliphatic carbocycles. The van der Waals surface area contributed by atoms with E-state index in [2.05, 4.69) is 45.1 Å². The molecule has 0 unspecified atom stereocenters. The first kappa shape index (κ1) is 19.0. The largest absolute Gasteiger partial charge is 0.338 e. The second-order valence-corrected chi connectivity index (χ2v) is 6.93. The van der Waals surface area contributed by atoms with Crippen molar-refractivity contribution in [1.29, 1.82) is 0 Å². The van der Waals surface area contributed by atoms with Crippen molar-refractivity contribution in [2.24, 2.45) is 11.8 Å². The Morgan fingerprint density at radius 1 is 1.05 bits per heavy atom. The molecule has 0 bridgehead atoms. The molecule has 0 spiro atoms. The van der Waals surface area contributed by atoms with E-state index in [0.29, 0.717) is 17.7 Å². The Kier molecular flexibility index (Phi) is 9.94. The highest BCUT2D eigenvalue weighted by atomic mass is 16.2. The SMILES string of the molecule is CCCCCC=CCCC=CCN(CC(C)C)C(=O)C1CC1. The fourth-order valence-electron chi connectivity index (χ4n) is 2.54. The number of hydrogen-bond acceptors (Lipinski definition) is 1. The van der Waals surface area contributed by atoms with Crippen molar-refractivity contribution in [3.05, 3.63) is 24.3 Å². The van der Waals surface area contributed by atoms with Crippen LogP contribution in [0.2, 0.25) is 0 Å². The van der Waals surface area contributed by atoms with E-state index >= 15 is 0 Å². The Morgan fingerprint density at radius 2 is 1.68 bits per heavy atom. The number of unbranched alkanes of at least 4 members (excludes halogenated alkanes) is 4. The van der Waals surface area contributed by atoms with Crippen LogP contribution < -0.4 is 0 Å². The Bertz CT molecular complexity index is 353. The molecule has 0 N–H and O–H groups in total. The summed E-state index contributed by atoms with van der Waals surface area (Å²) >= 11 is 0. The van der Waals surface area contributed by atoms with Crippen LogP contribution in [0, 0.1) is 11.8 Å². The van der Waals surface area contributed by atoms with Crippen molar-refractivity contribution in [2.45, 2.75) is 72.1 Å². The third-order valence-electron chi connectivity index (χ3n) is 3.96. The summed E-state index contributed by atoms with van der Waals surface area (Å²) in [7, 11) is 0. The molecule has 0 aromatic carbocycles. The van der Waals surface area contributed by atoms with Crippen LogP contribution in [0.3, 0.4) is 0 Å². The van der Waals surface area contributed by atoms with Crippen molar-refractivity contribution < 1.29 is 4.79 Å². The van der Waals surface area contributed by atoms with E-state index in [1.54, 1.807) is 0 Å². The summed E-state index contributed by atoms with van der Waals surface area (Å²) in [6.45, 7) is 8.27. The van der Waals surface area contributed by atoms with Crippen LogP contribution in [0.5, 0.6) is 0 Å². The minimum absolute atomic E-state index is 0.332. The molecule has 2 heteroatoms. The molecule has 1 saturated carbocycles. The monoisotopic (exact) mass is 305 g/mol. The van der Waals surface area contributed by atoms with Gasteiger partial charge in [0.1, 0.15) is 0 Å². The molecule has 0 radical (unpaired) electrons. The van der Waals surface area contributed by atoms with Crippen LogP contribution in [-0.4, -0.2) is 23.9 Å². The third kappa shape index (κ3) is 9.07. The van der Waals surface area contributed by atoms with Gasteiger partial charge in [-0.25, -0.2) is 0 Å². The van der Waals surface area contributed by atoms with E-state index in [4.69, 9.17) is 0 Å². The minimum atomic E-state index is 0.332. The highest BCUT2D eigenvalue weighted by Gasteiger charge is 2.33. The second-order valence-electron chi connectivity index (χ2n) is 6.93. The number of carbonyl (C=O) groups excluding carboxylic acids is 1. The van der Waals surface area contributed by atoms with E-state index in [-0.39, 0.29) is 0 Å². The van der Waals surface area contributed by atoms with Gasteiger partial charge in [0.2, 0.25) is 5.91 Å². The smallest absolute Gasteiger partial charge is 0.225 e. The topological polar surface area (TPSA) is 20.3 Å². The lowest BCUT2D eigenvalue weighted by Gasteiger charge is -2.23. The van der Waals surface area contributed by atoms with Gasteiger partial charge in [-0.3, -0.25) is 4.79 Å². The lowest BCUT2D eigenvalue weighted by molar-refractivity contribution is -0.132. The van der Waals surface area contributed by atoms with Gasteiger partial charge in [0, 0.05) is 19.0 Å². The number of amides is 1. The van der Waals surface area contributed by atoms with Gasteiger partial charge in [0.25, 0.3) is 0 Å². The average molecular weight is 306 g/mol. The molecule has 0 aromatic rings. The van der Waals surface area contributed by atoms with Crippen molar-refractivity contribution in [1.82, 2.24) is 4.90 Å². The summed E-state index contributed by atoms with van der Waals surface area (Å²) in [6, 6.07) is 0. The van der Waals surface area contributed by atoms with Crippen molar-refractivity contribution >= 4 is 5.91 Å². The Balaban J connectivity index is 2.16. The molecule has 0 aromatic heterocycles. The summed E-state index contributed by atoms with van der Waals surface area (Å²) in [5, 5.41) is 0. The predicted molar refractivity (Wildman–Crippen MR) is 95.8 cm³/mol. The number of hydrogen-bond donors (Lipinski definition) is 0. The van der Waals surface area contributed by atoms with E-state index in [1.807, 2.05) is 4.90 Å². The van der Waals surface area contributed by atoms with Crippen LogP contribution in [0.4, 0.5) is 0 Å². The first-order chi connectivity index (χ1) is 10.6. The molecule has 22 heavy (non-hydrogen) atoms.